The van der Waals surface area contributed by atoms with Gasteiger partial charge in [0.25, 0.3) is 0 Å². The Balaban J connectivity index is 1.70. The molecule has 6 nitrogen and oxygen atoms in total. The van der Waals surface area contributed by atoms with Crippen molar-refractivity contribution >= 4 is 12.0 Å². The SMILES string of the molecule is CC1(C(=O)O)CCN(C(=O)NCCC2CCCO2)C1. The topological polar surface area (TPSA) is 78.9 Å². The highest BCUT2D eigenvalue weighted by atomic mass is 16.5. The van der Waals surface area contributed by atoms with Crippen LogP contribution in [0.5, 0.6) is 0 Å². The molecule has 2 heterocycles. The molecule has 2 rings (SSSR count). The molecule has 19 heavy (non-hydrogen) atoms. The maximum Gasteiger partial charge on any atom is 0.317 e. The summed E-state index contributed by atoms with van der Waals surface area (Å²) in [5.74, 6) is -0.831. The molecule has 0 radical (unpaired) electrons. The Labute approximate surface area is 113 Å². The minimum absolute atomic E-state index is 0.164. The summed E-state index contributed by atoms with van der Waals surface area (Å²) in [5.41, 5.74) is -0.800. The van der Waals surface area contributed by atoms with Gasteiger partial charge in [0.05, 0.1) is 11.5 Å². The second kappa shape index (κ2) is 5.77. The van der Waals surface area contributed by atoms with Gasteiger partial charge < -0.3 is 20.1 Å². The third-order valence-corrected chi connectivity index (χ3v) is 4.04. The molecular formula is C13H22N2O4. The van der Waals surface area contributed by atoms with Crippen LogP contribution in [0.1, 0.15) is 32.6 Å². The van der Waals surface area contributed by atoms with E-state index >= 15 is 0 Å². The zero-order chi connectivity index (χ0) is 13.9. The molecule has 2 aliphatic heterocycles. The number of ether oxygens (including phenoxy) is 1. The Morgan fingerprint density at radius 3 is 2.89 bits per heavy atom. The van der Waals surface area contributed by atoms with E-state index in [9.17, 15) is 9.59 Å². The van der Waals surface area contributed by atoms with E-state index in [0.29, 0.717) is 19.5 Å². The lowest BCUT2D eigenvalue weighted by Crippen LogP contribution is -2.41. The predicted molar refractivity (Wildman–Crippen MR) is 68.9 cm³/mol. The summed E-state index contributed by atoms with van der Waals surface area (Å²) in [7, 11) is 0. The molecule has 108 valence electrons. The number of nitrogens with one attached hydrogen (secondary N) is 1. The average molecular weight is 270 g/mol. The highest BCUT2D eigenvalue weighted by molar-refractivity contribution is 5.79. The van der Waals surface area contributed by atoms with Gasteiger partial charge in [-0.2, -0.15) is 0 Å². The summed E-state index contributed by atoms with van der Waals surface area (Å²) >= 11 is 0. The Kier molecular flexibility index (Phi) is 4.29. The van der Waals surface area contributed by atoms with Crippen LogP contribution in [-0.2, 0) is 9.53 Å². The maximum atomic E-state index is 11.9. The minimum Gasteiger partial charge on any atom is -0.481 e. The van der Waals surface area contributed by atoms with Gasteiger partial charge >= 0.3 is 12.0 Å². The highest BCUT2D eigenvalue weighted by Crippen LogP contribution is 2.29. The molecule has 0 aromatic carbocycles. The molecule has 2 aliphatic rings. The van der Waals surface area contributed by atoms with Gasteiger partial charge in [-0.3, -0.25) is 4.79 Å². The van der Waals surface area contributed by atoms with E-state index < -0.39 is 11.4 Å². The zero-order valence-electron chi connectivity index (χ0n) is 11.4. The standard InChI is InChI=1S/C13H22N2O4/c1-13(11(16)17)5-7-15(9-13)12(18)14-6-4-10-3-2-8-19-10/h10H,2-9H2,1H3,(H,14,18)(H,16,17). The lowest BCUT2D eigenvalue weighted by molar-refractivity contribution is -0.146. The van der Waals surface area contributed by atoms with Gasteiger partial charge in [0.1, 0.15) is 0 Å². The molecule has 6 heteroatoms. The van der Waals surface area contributed by atoms with E-state index in [2.05, 4.69) is 5.32 Å². The summed E-state index contributed by atoms with van der Waals surface area (Å²) in [6.45, 7) is 3.89. The Bertz CT molecular complexity index is 355. The van der Waals surface area contributed by atoms with Crippen LogP contribution in [-0.4, -0.2) is 54.4 Å². The van der Waals surface area contributed by atoms with E-state index in [1.807, 2.05) is 0 Å². The molecule has 0 bridgehead atoms. The van der Waals surface area contributed by atoms with Crippen molar-refractivity contribution in [1.29, 1.82) is 0 Å². The number of rotatable bonds is 4. The number of aliphatic carboxylic acids is 1. The van der Waals surface area contributed by atoms with E-state index in [4.69, 9.17) is 9.84 Å². The molecule has 2 atom stereocenters. The smallest absolute Gasteiger partial charge is 0.317 e. The number of carbonyl (C=O) groups is 2. The van der Waals surface area contributed by atoms with Crippen LogP contribution in [0, 0.1) is 5.41 Å². The molecular weight excluding hydrogens is 248 g/mol. The van der Waals surface area contributed by atoms with E-state index in [-0.39, 0.29) is 18.7 Å². The third kappa shape index (κ3) is 3.37. The van der Waals surface area contributed by atoms with Gasteiger partial charge in [-0.05, 0) is 32.6 Å². The normalized spacial score (nSPS) is 30.6. The van der Waals surface area contributed by atoms with Crippen LogP contribution >= 0.6 is 0 Å². The van der Waals surface area contributed by atoms with Crippen LogP contribution < -0.4 is 5.32 Å². The lowest BCUT2D eigenvalue weighted by atomic mass is 9.90. The summed E-state index contributed by atoms with van der Waals surface area (Å²) in [5, 5.41) is 12.0. The van der Waals surface area contributed by atoms with Gasteiger partial charge in [0.15, 0.2) is 0 Å². The number of nitrogens with zero attached hydrogens (tertiary/aromatic N) is 1. The Morgan fingerprint density at radius 2 is 2.32 bits per heavy atom. The van der Waals surface area contributed by atoms with Crippen LogP contribution in [0.25, 0.3) is 0 Å². The minimum atomic E-state index is -0.831. The second-order valence-electron chi connectivity index (χ2n) is 5.69. The molecule has 0 saturated carbocycles. The van der Waals surface area contributed by atoms with E-state index in [1.54, 1.807) is 11.8 Å². The zero-order valence-corrected chi connectivity index (χ0v) is 11.4. The summed E-state index contributed by atoms with van der Waals surface area (Å²) in [6.07, 6.45) is 3.78. The van der Waals surface area contributed by atoms with Crippen molar-refractivity contribution in [2.45, 2.75) is 38.7 Å². The Hall–Kier alpha value is -1.30. The maximum absolute atomic E-state index is 11.9. The van der Waals surface area contributed by atoms with Gasteiger partial charge in [-0.25, -0.2) is 4.79 Å². The molecule has 2 unspecified atom stereocenters. The molecule has 0 aliphatic carbocycles. The van der Waals surface area contributed by atoms with Crippen molar-refractivity contribution in [3.63, 3.8) is 0 Å². The monoisotopic (exact) mass is 270 g/mol. The fourth-order valence-corrected chi connectivity index (χ4v) is 2.63. The van der Waals surface area contributed by atoms with Gasteiger partial charge in [0, 0.05) is 26.2 Å². The van der Waals surface area contributed by atoms with Crippen LogP contribution in [0.4, 0.5) is 4.79 Å². The fourth-order valence-electron chi connectivity index (χ4n) is 2.63. The largest absolute Gasteiger partial charge is 0.481 e. The molecule has 0 spiro atoms. The van der Waals surface area contributed by atoms with Gasteiger partial charge in [-0.15, -0.1) is 0 Å². The first-order valence-corrected chi connectivity index (χ1v) is 6.89. The molecule has 2 N–H and O–H groups in total. The van der Waals surface area contributed by atoms with Crippen LogP contribution in [0.2, 0.25) is 0 Å². The number of hydrogen-bond donors (Lipinski definition) is 2. The predicted octanol–water partition coefficient (Wildman–Crippen LogP) is 1.06. The number of carboxylic acids is 1. The molecule has 2 saturated heterocycles. The molecule has 0 aromatic rings. The van der Waals surface area contributed by atoms with Crippen molar-refractivity contribution in [3.05, 3.63) is 0 Å². The molecule has 0 aromatic heterocycles. The third-order valence-electron chi connectivity index (χ3n) is 4.04. The lowest BCUT2D eigenvalue weighted by Gasteiger charge is -2.21. The summed E-state index contributed by atoms with van der Waals surface area (Å²) in [4.78, 5) is 24.6. The number of hydrogen-bond acceptors (Lipinski definition) is 3. The van der Waals surface area contributed by atoms with Crippen LogP contribution in [0.15, 0.2) is 0 Å². The van der Waals surface area contributed by atoms with Crippen LogP contribution in [0.3, 0.4) is 0 Å². The van der Waals surface area contributed by atoms with Gasteiger partial charge in [-0.1, -0.05) is 0 Å². The van der Waals surface area contributed by atoms with E-state index in [0.717, 1.165) is 25.9 Å². The van der Waals surface area contributed by atoms with E-state index in [1.165, 1.54) is 0 Å². The van der Waals surface area contributed by atoms with Crippen molar-refractivity contribution in [2.24, 2.45) is 5.41 Å². The average Bonchev–Trinajstić information content (AvgIpc) is 2.99. The number of likely N-dealkylation sites (tertiary alicyclic amines) is 1. The summed E-state index contributed by atoms with van der Waals surface area (Å²) < 4.78 is 5.48. The summed E-state index contributed by atoms with van der Waals surface area (Å²) in [6, 6.07) is -0.164. The first-order valence-electron chi connectivity index (χ1n) is 6.89. The Morgan fingerprint density at radius 1 is 1.53 bits per heavy atom. The molecule has 2 fully saturated rings. The number of carboxylic acid groups (broad SMARTS) is 1. The van der Waals surface area contributed by atoms with Gasteiger partial charge in [0.2, 0.25) is 0 Å². The van der Waals surface area contributed by atoms with Crippen molar-refractivity contribution < 1.29 is 19.4 Å². The quantitative estimate of drug-likeness (QED) is 0.800. The fraction of sp³-hybridized carbons (Fsp3) is 0.846. The van der Waals surface area contributed by atoms with Crippen molar-refractivity contribution in [2.75, 3.05) is 26.2 Å². The number of urea groups is 1. The number of amides is 2. The second-order valence-corrected chi connectivity index (χ2v) is 5.69. The van der Waals surface area contributed by atoms with Crippen molar-refractivity contribution in [1.82, 2.24) is 10.2 Å². The number of carbonyl (C=O) groups excluding carboxylic acids is 1. The first kappa shape index (κ1) is 14.1. The van der Waals surface area contributed by atoms with Crippen molar-refractivity contribution in [3.8, 4) is 0 Å². The first-order chi connectivity index (χ1) is 9.01. The highest BCUT2D eigenvalue weighted by Gasteiger charge is 2.42. The molecule has 2 amide bonds.